The molecule has 2 rings (SSSR count). The van der Waals surface area contributed by atoms with Gasteiger partial charge in [-0.15, -0.1) is 0 Å². The number of sulfonamides is 1. The van der Waals surface area contributed by atoms with E-state index in [1.807, 2.05) is 0 Å². The van der Waals surface area contributed by atoms with Gasteiger partial charge < -0.3 is 10.5 Å². The molecule has 110 valence electrons. The molecule has 1 saturated heterocycles. The molecule has 0 bridgehead atoms. The van der Waals surface area contributed by atoms with Crippen molar-refractivity contribution in [3.05, 3.63) is 29.8 Å². The minimum absolute atomic E-state index is 0.0211. The molecule has 2 N–H and O–H groups in total. The van der Waals surface area contributed by atoms with Gasteiger partial charge in [-0.1, -0.05) is 12.1 Å². The van der Waals surface area contributed by atoms with Crippen LogP contribution in [0.25, 0.3) is 0 Å². The Hall–Kier alpha value is -1.44. The Morgan fingerprint density at radius 2 is 2.15 bits per heavy atom. The standard InChI is InChI=1S/C13H18N2O4S/c1-19-13(16)11-6-2-3-7-12(11)20(17,18)15-8-4-5-10(15)9-14/h2-3,6-7,10H,4-5,8-9,14H2,1H3. The van der Waals surface area contributed by atoms with Crippen molar-refractivity contribution in [3.63, 3.8) is 0 Å². The van der Waals surface area contributed by atoms with Crippen molar-refractivity contribution in [1.82, 2.24) is 4.31 Å². The van der Waals surface area contributed by atoms with E-state index in [1.165, 1.54) is 23.5 Å². The molecule has 1 fully saturated rings. The maximum absolute atomic E-state index is 12.7. The number of benzene rings is 1. The number of ether oxygens (including phenoxy) is 1. The fraction of sp³-hybridized carbons (Fsp3) is 0.462. The number of nitrogens with zero attached hydrogens (tertiary/aromatic N) is 1. The Kier molecular flexibility index (Phi) is 4.42. The molecule has 0 aliphatic carbocycles. The number of carbonyl (C=O) groups is 1. The average Bonchev–Trinajstić information content (AvgIpc) is 2.95. The molecule has 7 heteroatoms. The van der Waals surface area contributed by atoms with Crippen LogP contribution in [0.5, 0.6) is 0 Å². The van der Waals surface area contributed by atoms with Crippen LogP contribution < -0.4 is 5.73 Å². The summed E-state index contributed by atoms with van der Waals surface area (Å²) in [5, 5.41) is 0. The van der Waals surface area contributed by atoms with E-state index < -0.39 is 16.0 Å². The van der Waals surface area contributed by atoms with Crippen LogP contribution in [0.1, 0.15) is 23.2 Å². The average molecular weight is 298 g/mol. The van der Waals surface area contributed by atoms with E-state index in [0.717, 1.165) is 12.8 Å². The maximum Gasteiger partial charge on any atom is 0.339 e. The van der Waals surface area contributed by atoms with Crippen molar-refractivity contribution >= 4 is 16.0 Å². The smallest absolute Gasteiger partial charge is 0.339 e. The van der Waals surface area contributed by atoms with E-state index in [2.05, 4.69) is 4.74 Å². The maximum atomic E-state index is 12.7. The first-order valence-corrected chi connectivity index (χ1v) is 7.85. The summed E-state index contributed by atoms with van der Waals surface area (Å²) in [6, 6.07) is 5.87. The molecule has 0 amide bonds. The van der Waals surface area contributed by atoms with Crippen LogP contribution in [-0.4, -0.2) is 44.9 Å². The van der Waals surface area contributed by atoms with Gasteiger partial charge in [0.15, 0.2) is 0 Å². The highest BCUT2D eigenvalue weighted by molar-refractivity contribution is 7.89. The molecule has 1 aliphatic rings. The largest absolute Gasteiger partial charge is 0.465 e. The number of hydrogen-bond donors (Lipinski definition) is 1. The Labute approximate surface area is 118 Å². The summed E-state index contributed by atoms with van der Waals surface area (Å²) in [5.74, 6) is -0.660. The molecule has 1 aromatic carbocycles. The molecule has 0 aromatic heterocycles. The van der Waals surface area contributed by atoms with Gasteiger partial charge in [-0.3, -0.25) is 0 Å². The highest BCUT2D eigenvalue weighted by atomic mass is 32.2. The van der Waals surface area contributed by atoms with E-state index >= 15 is 0 Å². The first-order chi connectivity index (χ1) is 9.52. The van der Waals surface area contributed by atoms with Gasteiger partial charge in [0.05, 0.1) is 17.6 Å². The minimum Gasteiger partial charge on any atom is -0.465 e. The zero-order valence-corrected chi connectivity index (χ0v) is 12.1. The summed E-state index contributed by atoms with van der Waals surface area (Å²) in [6.07, 6.45) is 1.53. The van der Waals surface area contributed by atoms with Crippen LogP contribution in [0.3, 0.4) is 0 Å². The lowest BCUT2D eigenvalue weighted by atomic mass is 10.2. The van der Waals surface area contributed by atoms with E-state index in [4.69, 9.17) is 5.73 Å². The summed E-state index contributed by atoms with van der Waals surface area (Å²) in [6.45, 7) is 0.708. The number of nitrogens with two attached hydrogens (primary N) is 1. The highest BCUT2D eigenvalue weighted by Crippen LogP contribution is 2.27. The normalized spacial score (nSPS) is 20.0. The lowest BCUT2D eigenvalue weighted by Gasteiger charge is -2.23. The lowest BCUT2D eigenvalue weighted by molar-refractivity contribution is 0.0596. The number of esters is 1. The van der Waals surface area contributed by atoms with Crippen molar-refractivity contribution in [3.8, 4) is 0 Å². The van der Waals surface area contributed by atoms with Crippen molar-refractivity contribution in [2.24, 2.45) is 5.73 Å². The summed E-state index contributed by atoms with van der Waals surface area (Å²) in [5.41, 5.74) is 5.68. The molecule has 0 radical (unpaired) electrons. The minimum atomic E-state index is -3.73. The Bertz CT molecular complexity index is 600. The Balaban J connectivity index is 2.47. The fourth-order valence-electron chi connectivity index (χ4n) is 2.46. The van der Waals surface area contributed by atoms with E-state index in [-0.39, 0.29) is 23.0 Å². The van der Waals surface area contributed by atoms with Gasteiger partial charge in [0.25, 0.3) is 0 Å². The van der Waals surface area contributed by atoms with Gasteiger partial charge in [0.1, 0.15) is 0 Å². The fourth-order valence-corrected chi connectivity index (χ4v) is 4.34. The number of hydrogen-bond acceptors (Lipinski definition) is 5. The van der Waals surface area contributed by atoms with Gasteiger partial charge in [0, 0.05) is 19.1 Å². The monoisotopic (exact) mass is 298 g/mol. The van der Waals surface area contributed by atoms with Gasteiger partial charge in [-0.25, -0.2) is 13.2 Å². The van der Waals surface area contributed by atoms with Crippen LogP contribution in [-0.2, 0) is 14.8 Å². The number of methoxy groups -OCH3 is 1. The van der Waals surface area contributed by atoms with Gasteiger partial charge >= 0.3 is 5.97 Å². The van der Waals surface area contributed by atoms with E-state index in [0.29, 0.717) is 6.54 Å². The van der Waals surface area contributed by atoms with Crippen LogP contribution >= 0.6 is 0 Å². The van der Waals surface area contributed by atoms with Crippen molar-refractivity contribution in [2.45, 2.75) is 23.8 Å². The third-order valence-corrected chi connectivity index (χ3v) is 5.48. The second-order valence-corrected chi connectivity index (χ2v) is 6.49. The number of carbonyl (C=O) groups excluding carboxylic acids is 1. The first kappa shape index (κ1) is 15.0. The molecule has 6 nitrogen and oxygen atoms in total. The van der Waals surface area contributed by atoms with Gasteiger partial charge in [-0.05, 0) is 25.0 Å². The molecule has 20 heavy (non-hydrogen) atoms. The SMILES string of the molecule is COC(=O)c1ccccc1S(=O)(=O)N1CCCC1CN. The molecular weight excluding hydrogens is 280 g/mol. The molecule has 1 aliphatic heterocycles. The molecule has 1 aromatic rings. The molecule has 0 spiro atoms. The summed E-state index contributed by atoms with van der Waals surface area (Å²) < 4.78 is 31.4. The third kappa shape index (κ3) is 2.56. The van der Waals surface area contributed by atoms with Gasteiger partial charge in [0.2, 0.25) is 10.0 Å². The van der Waals surface area contributed by atoms with Crippen LogP contribution in [0.2, 0.25) is 0 Å². The highest BCUT2D eigenvalue weighted by Gasteiger charge is 2.36. The third-order valence-electron chi connectivity index (χ3n) is 3.47. The molecule has 1 heterocycles. The summed E-state index contributed by atoms with van der Waals surface area (Å²) in [4.78, 5) is 11.7. The topological polar surface area (TPSA) is 89.7 Å². The van der Waals surface area contributed by atoms with Crippen LogP contribution in [0, 0.1) is 0 Å². The zero-order chi connectivity index (χ0) is 14.8. The Morgan fingerprint density at radius 3 is 2.80 bits per heavy atom. The molecule has 1 atom stereocenters. The van der Waals surface area contributed by atoms with Crippen molar-refractivity contribution in [2.75, 3.05) is 20.2 Å². The summed E-state index contributed by atoms with van der Waals surface area (Å²) >= 11 is 0. The van der Waals surface area contributed by atoms with E-state index in [9.17, 15) is 13.2 Å². The predicted molar refractivity (Wildman–Crippen MR) is 73.7 cm³/mol. The number of rotatable bonds is 4. The van der Waals surface area contributed by atoms with Crippen LogP contribution in [0.4, 0.5) is 0 Å². The lowest BCUT2D eigenvalue weighted by Crippen LogP contribution is -2.40. The summed E-state index contributed by atoms with van der Waals surface area (Å²) in [7, 11) is -2.51. The molecule has 1 unspecified atom stereocenters. The quantitative estimate of drug-likeness (QED) is 0.821. The first-order valence-electron chi connectivity index (χ1n) is 6.41. The second-order valence-electron chi connectivity index (χ2n) is 4.64. The molecule has 0 saturated carbocycles. The van der Waals surface area contributed by atoms with Gasteiger partial charge in [-0.2, -0.15) is 4.31 Å². The van der Waals surface area contributed by atoms with Crippen LogP contribution in [0.15, 0.2) is 29.2 Å². The second kappa shape index (κ2) is 5.90. The van der Waals surface area contributed by atoms with Crippen molar-refractivity contribution < 1.29 is 17.9 Å². The van der Waals surface area contributed by atoms with E-state index in [1.54, 1.807) is 12.1 Å². The zero-order valence-electron chi connectivity index (χ0n) is 11.3. The molecular formula is C13H18N2O4S. The Morgan fingerprint density at radius 1 is 1.45 bits per heavy atom. The predicted octanol–water partition coefficient (Wildman–Crippen LogP) is 0.585. The van der Waals surface area contributed by atoms with Crippen molar-refractivity contribution in [1.29, 1.82) is 0 Å².